The lowest BCUT2D eigenvalue weighted by atomic mass is 9.86. The van der Waals surface area contributed by atoms with Crippen LogP contribution in [0.5, 0.6) is 0 Å². The normalized spacial score (nSPS) is 15.8. The summed E-state index contributed by atoms with van der Waals surface area (Å²) < 4.78 is 0. The molecule has 2 atom stereocenters. The zero-order chi connectivity index (χ0) is 24.1. The van der Waals surface area contributed by atoms with Crippen molar-refractivity contribution >= 4 is 35.3 Å². The lowest BCUT2D eigenvalue weighted by Gasteiger charge is -2.29. The first-order valence-corrected chi connectivity index (χ1v) is 10.6. The van der Waals surface area contributed by atoms with Crippen molar-refractivity contribution < 1.29 is 24.6 Å². The second-order valence-corrected chi connectivity index (χ2v) is 8.23. The number of aryl methyl sites for hydroxylation is 1. The summed E-state index contributed by atoms with van der Waals surface area (Å²) in [5.74, 6) is -1.98. The molecule has 1 unspecified atom stereocenters. The highest BCUT2D eigenvalue weighted by atomic mass is 16.4. The van der Waals surface area contributed by atoms with Crippen molar-refractivity contribution in [1.29, 1.82) is 0 Å². The summed E-state index contributed by atoms with van der Waals surface area (Å²) in [6.45, 7) is 0.769. The largest absolute Gasteiger partial charge is 0.481 e. The molecular weight excluding hydrogens is 428 g/mol. The smallest absolute Gasteiger partial charge is 0.326 e. The zero-order valence-corrected chi connectivity index (χ0v) is 18.3. The Balaban J connectivity index is 1.59. The monoisotopic (exact) mass is 456 g/mol. The molecule has 0 aliphatic heterocycles. The Kier molecular flexibility index (Phi) is 7.31. The van der Waals surface area contributed by atoms with Gasteiger partial charge in [0.15, 0.2) is 0 Å². The van der Waals surface area contributed by atoms with E-state index >= 15 is 0 Å². The number of hydrogen-bond acceptors (Lipinski definition) is 8. The predicted octanol–water partition coefficient (Wildman–Crippen LogP) is 0.930. The molecule has 7 N–H and O–H groups in total. The number of amides is 1. The van der Waals surface area contributed by atoms with Crippen LogP contribution >= 0.6 is 0 Å². The van der Waals surface area contributed by atoms with Crippen LogP contribution in [0.4, 0.5) is 17.5 Å². The van der Waals surface area contributed by atoms with Gasteiger partial charge in [0.25, 0.3) is 5.91 Å². The minimum Gasteiger partial charge on any atom is -0.481 e. The number of aromatic nitrogens is 2. The van der Waals surface area contributed by atoms with Crippen LogP contribution in [-0.2, 0) is 22.4 Å². The zero-order valence-electron chi connectivity index (χ0n) is 18.3. The van der Waals surface area contributed by atoms with E-state index in [1.54, 1.807) is 24.3 Å². The van der Waals surface area contributed by atoms with Gasteiger partial charge < -0.3 is 31.9 Å². The molecule has 2 aromatic rings. The number of carboxylic acid groups (broad SMARTS) is 2. The van der Waals surface area contributed by atoms with Crippen molar-refractivity contribution in [2.24, 2.45) is 5.92 Å². The molecule has 0 saturated carbocycles. The van der Waals surface area contributed by atoms with Gasteiger partial charge in [0.1, 0.15) is 11.9 Å². The Morgan fingerprint density at radius 2 is 1.88 bits per heavy atom. The molecule has 0 radical (unpaired) electrons. The standard InChI is InChI=1S/C22H28N6O5/c1-28(11-12-2-7-16-15(10-12)19(23)27-22(24)26-16)14-5-3-13(4-6-14)20(31)25-17(21(32)33)8-9-18(29)30/h3-6,12,17H,2,7-11H2,1H3,(H,25,31)(H,29,30)(H,32,33)(H4,23,24,26,27)/t12?,17-/m0/s1. The van der Waals surface area contributed by atoms with Crippen LogP contribution in [0.1, 0.15) is 40.9 Å². The highest BCUT2D eigenvalue weighted by Gasteiger charge is 2.25. The third-order valence-electron chi connectivity index (χ3n) is 5.78. The lowest BCUT2D eigenvalue weighted by Crippen LogP contribution is -2.41. The molecule has 1 aliphatic carbocycles. The van der Waals surface area contributed by atoms with E-state index in [4.69, 9.17) is 16.6 Å². The molecule has 1 aliphatic rings. The topological polar surface area (TPSA) is 185 Å². The van der Waals surface area contributed by atoms with E-state index in [1.165, 1.54) is 0 Å². The summed E-state index contributed by atoms with van der Waals surface area (Å²) in [7, 11) is 1.96. The first kappa shape index (κ1) is 23.8. The number of benzene rings is 1. The third-order valence-corrected chi connectivity index (χ3v) is 5.78. The fraction of sp³-hybridized carbons (Fsp3) is 0.409. The molecule has 3 rings (SSSR count). The van der Waals surface area contributed by atoms with Crippen LogP contribution in [0.2, 0.25) is 0 Å². The van der Waals surface area contributed by atoms with E-state index in [0.29, 0.717) is 17.3 Å². The van der Waals surface area contributed by atoms with E-state index in [9.17, 15) is 19.5 Å². The van der Waals surface area contributed by atoms with Crippen LogP contribution in [0.15, 0.2) is 24.3 Å². The number of aliphatic carboxylic acids is 2. The number of rotatable bonds is 9. The number of fused-ring (bicyclic) bond motifs is 1. The molecule has 33 heavy (non-hydrogen) atoms. The number of hydrogen-bond donors (Lipinski definition) is 5. The van der Waals surface area contributed by atoms with Gasteiger partial charge in [-0.25, -0.2) is 9.78 Å². The van der Waals surface area contributed by atoms with Crippen molar-refractivity contribution in [3.8, 4) is 0 Å². The SMILES string of the molecule is CN(CC1CCc2nc(N)nc(N)c2C1)c1ccc(C(=O)N[C@@H](CCC(=O)O)C(=O)O)cc1. The first-order chi connectivity index (χ1) is 15.6. The summed E-state index contributed by atoms with van der Waals surface area (Å²) >= 11 is 0. The molecule has 0 bridgehead atoms. The van der Waals surface area contributed by atoms with Crippen molar-refractivity contribution in [3.63, 3.8) is 0 Å². The van der Waals surface area contributed by atoms with Crippen LogP contribution in [-0.4, -0.2) is 57.7 Å². The van der Waals surface area contributed by atoms with Crippen LogP contribution in [0.3, 0.4) is 0 Å². The van der Waals surface area contributed by atoms with Crippen LogP contribution in [0.25, 0.3) is 0 Å². The van der Waals surface area contributed by atoms with E-state index in [-0.39, 0.29) is 18.8 Å². The summed E-state index contributed by atoms with van der Waals surface area (Å²) in [4.78, 5) is 44.8. The number of nitrogen functional groups attached to an aromatic ring is 2. The Bertz CT molecular complexity index is 1040. The van der Waals surface area contributed by atoms with E-state index in [0.717, 1.165) is 42.8 Å². The second kappa shape index (κ2) is 10.2. The summed E-state index contributed by atoms with van der Waals surface area (Å²) in [6.07, 6.45) is 1.96. The number of carboxylic acids is 2. The van der Waals surface area contributed by atoms with Gasteiger partial charge in [0.05, 0.1) is 5.69 Å². The maximum atomic E-state index is 12.4. The molecule has 0 saturated heterocycles. The first-order valence-electron chi connectivity index (χ1n) is 10.6. The van der Waals surface area contributed by atoms with E-state index < -0.39 is 23.9 Å². The lowest BCUT2D eigenvalue weighted by molar-refractivity contribution is -0.140. The van der Waals surface area contributed by atoms with Gasteiger partial charge in [-0.2, -0.15) is 4.98 Å². The molecule has 0 fully saturated rings. The molecule has 1 aromatic heterocycles. The molecule has 1 aromatic carbocycles. The van der Waals surface area contributed by atoms with Gasteiger partial charge in [-0.15, -0.1) is 0 Å². The van der Waals surface area contributed by atoms with Gasteiger partial charge in [-0.05, 0) is 55.9 Å². The number of nitrogens with one attached hydrogen (secondary N) is 1. The summed E-state index contributed by atoms with van der Waals surface area (Å²) in [5.41, 5.74) is 14.8. The predicted molar refractivity (Wildman–Crippen MR) is 122 cm³/mol. The number of carbonyl (C=O) groups is 3. The minimum absolute atomic E-state index is 0.191. The van der Waals surface area contributed by atoms with Gasteiger partial charge in [-0.1, -0.05) is 0 Å². The quantitative estimate of drug-likeness (QED) is 0.363. The maximum absolute atomic E-state index is 12.4. The van der Waals surface area contributed by atoms with Crippen LogP contribution in [0, 0.1) is 5.92 Å². The molecular formula is C22H28N6O5. The fourth-order valence-corrected chi connectivity index (χ4v) is 4.01. The highest BCUT2D eigenvalue weighted by Crippen LogP contribution is 2.29. The summed E-state index contributed by atoms with van der Waals surface area (Å²) in [5, 5.41) is 20.3. The number of anilines is 3. The van der Waals surface area contributed by atoms with E-state index in [1.807, 2.05) is 7.05 Å². The molecule has 11 heteroatoms. The Morgan fingerprint density at radius 1 is 1.18 bits per heavy atom. The molecule has 1 heterocycles. The Hall–Kier alpha value is -3.89. The minimum atomic E-state index is -1.27. The summed E-state index contributed by atoms with van der Waals surface area (Å²) in [6, 6.07) is 5.54. The number of nitrogens with two attached hydrogens (primary N) is 2. The van der Waals surface area contributed by atoms with Crippen molar-refractivity contribution in [2.75, 3.05) is 30.0 Å². The molecule has 1 amide bonds. The van der Waals surface area contributed by atoms with Gasteiger partial charge in [0.2, 0.25) is 5.95 Å². The van der Waals surface area contributed by atoms with Crippen molar-refractivity contribution in [2.45, 2.75) is 38.1 Å². The maximum Gasteiger partial charge on any atom is 0.326 e. The average molecular weight is 457 g/mol. The van der Waals surface area contributed by atoms with Crippen molar-refractivity contribution in [3.05, 3.63) is 41.1 Å². The van der Waals surface area contributed by atoms with Crippen molar-refractivity contribution in [1.82, 2.24) is 15.3 Å². The Labute approximate surface area is 190 Å². The van der Waals surface area contributed by atoms with E-state index in [2.05, 4.69) is 20.2 Å². The van der Waals surface area contributed by atoms with Gasteiger partial charge in [0, 0.05) is 36.8 Å². The number of carbonyl (C=O) groups excluding carboxylic acids is 1. The van der Waals surface area contributed by atoms with Gasteiger partial charge >= 0.3 is 11.9 Å². The second-order valence-electron chi connectivity index (χ2n) is 8.23. The average Bonchev–Trinajstić information content (AvgIpc) is 2.76. The number of nitrogens with zero attached hydrogens (tertiary/aromatic N) is 3. The molecule has 176 valence electrons. The fourth-order valence-electron chi connectivity index (χ4n) is 4.01. The third kappa shape index (κ3) is 6.09. The Morgan fingerprint density at radius 3 is 2.52 bits per heavy atom. The molecule has 0 spiro atoms. The van der Waals surface area contributed by atoms with Crippen LogP contribution < -0.4 is 21.7 Å². The molecule has 11 nitrogen and oxygen atoms in total. The van der Waals surface area contributed by atoms with Gasteiger partial charge in [-0.3, -0.25) is 9.59 Å². The highest BCUT2D eigenvalue weighted by molar-refractivity contribution is 5.97.